The minimum atomic E-state index is -2.72. The highest BCUT2D eigenvalue weighted by Crippen LogP contribution is 2.53. The molecule has 4 aromatic rings. The molecule has 2 aromatic heterocycles. The van der Waals surface area contributed by atoms with Crippen molar-refractivity contribution in [1.29, 1.82) is 5.26 Å². The Morgan fingerprint density at radius 3 is 2.82 bits per heavy atom. The van der Waals surface area contributed by atoms with Gasteiger partial charge in [0.05, 0.1) is 32.8 Å². The van der Waals surface area contributed by atoms with E-state index in [1.807, 2.05) is 11.0 Å². The van der Waals surface area contributed by atoms with Gasteiger partial charge in [0.2, 0.25) is 0 Å². The van der Waals surface area contributed by atoms with Gasteiger partial charge < -0.3 is 20.1 Å². The molecule has 1 aliphatic carbocycles. The van der Waals surface area contributed by atoms with E-state index in [4.69, 9.17) is 31.8 Å². The van der Waals surface area contributed by atoms with Crippen molar-refractivity contribution in [3.63, 3.8) is 0 Å². The van der Waals surface area contributed by atoms with E-state index in [0.717, 1.165) is 42.4 Å². The summed E-state index contributed by atoms with van der Waals surface area (Å²) in [5, 5.41) is 10.2. The number of fused-ring (bicyclic) bond motifs is 4. The second-order valence-electron chi connectivity index (χ2n) is 14.0. The Morgan fingerprint density at radius 1 is 1.22 bits per heavy atom. The van der Waals surface area contributed by atoms with Gasteiger partial charge in [0.1, 0.15) is 41.0 Å². The van der Waals surface area contributed by atoms with Crippen LogP contribution in [0.25, 0.3) is 32.1 Å². The molecule has 8 nitrogen and oxygen atoms in total. The van der Waals surface area contributed by atoms with Crippen LogP contribution in [0, 0.1) is 28.9 Å². The monoisotopic (exact) mass is 728 g/mol. The third-order valence-corrected chi connectivity index (χ3v) is 12.4. The summed E-state index contributed by atoms with van der Waals surface area (Å²) < 4.78 is 87.2. The second kappa shape index (κ2) is 11.3. The van der Waals surface area contributed by atoms with E-state index in [0.29, 0.717) is 25.8 Å². The Labute approximate surface area is 292 Å². The summed E-state index contributed by atoms with van der Waals surface area (Å²) in [6.07, 6.45) is 3.38. The van der Waals surface area contributed by atoms with Crippen LogP contribution >= 0.6 is 22.9 Å². The van der Waals surface area contributed by atoms with Crippen LogP contribution in [0.15, 0.2) is 23.8 Å². The van der Waals surface area contributed by atoms with Gasteiger partial charge in [0.25, 0.3) is 5.92 Å². The molecule has 260 valence electrons. The molecule has 0 radical (unpaired) electrons. The van der Waals surface area contributed by atoms with Crippen molar-refractivity contribution in [3.05, 3.63) is 46.0 Å². The smallest absolute Gasteiger partial charge is 0.319 e. The molecule has 2 aromatic carbocycles. The Kier molecular flexibility index (Phi) is 7.22. The molecule has 3 saturated heterocycles. The van der Waals surface area contributed by atoms with Crippen LogP contribution in [0.1, 0.15) is 44.1 Å². The molecule has 5 aliphatic rings. The van der Waals surface area contributed by atoms with Gasteiger partial charge >= 0.3 is 6.01 Å². The molecule has 15 heteroatoms. The number of rotatable bonds is 5. The van der Waals surface area contributed by atoms with Crippen molar-refractivity contribution in [2.45, 2.75) is 62.2 Å². The molecular formula is C35H30ClF5N6O2S. The first kappa shape index (κ1) is 32.0. The van der Waals surface area contributed by atoms with Crippen molar-refractivity contribution in [2.24, 2.45) is 5.92 Å². The molecule has 4 fully saturated rings. The number of nitrogens with two attached hydrogens (primary N) is 1. The number of thiophene rings is 1. The average molecular weight is 729 g/mol. The van der Waals surface area contributed by atoms with Gasteiger partial charge in [-0.05, 0) is 37.4 Å². The third kappa shape index (κ3) is 4.83. The fourth-order valence-electron chi connectivity index (χ4n) is 8.48. The van der Waals surface area contributed by atoms with Gasteiger partial charge in [-0.1, -0.05) is 29.3 Å². The van der Waals surface area contributed by atoms with Gasteiger partial charge in [-0.2, -0.15) is 15.2 Å². The van der Waals surface area contributed by atoms with E-state index in [1.165, 1.54) is 6.07 Å². The lowest BCUT2D eigenvalue weighted by atomic mass is 9.95. The Morgan fingerprint density at radius 2 is 2.04 bits per heavy atom. The predicted octanol–water partition coefficient (Wildman–Crippen LogP) is 7.79. The Bertz CT molecular complexity index is 2190. The zero-order valence-electron chi connectivity index (χ0n) is 26.5. The number of halogens is 6. The van der Waals surface area contributed by atoms with Crippen LogP contribution in [-0.2, 0) is 0 Å². The van der Waals surface area contributed by atoms with Crippen LogP contribution in [-0.4, -0.2) is 71.4 Å². The van der Waals surface area contributed by atoms with Crippen molar-refractivity contribution in [1.82, 2.24) is 14.9 Å². The lowest BCUT2D eigenvalue weighted by Crippen LogP contribution is -2.43. The van der Waals surface area contributed by atoms with Gasteiger partial charge in [-0.25, -0.2) is 22.0 Å². The van der Waals surface area contributed by atoms with E-state index >= 15 is 8.78 Å². The van der Waals surface area contributed by atoms with E-state index in [9.17, 15) is 18.4 Å². The predicted molar refractivity (Wildman–Crippen MR) is 180 cm³/mol. The quantitative estimate of drug-likeness (QED) is 0.164. The second-order valence-corrected chi connectivity index (χ2v) is 15.5. The molecule has 3 unspecified atom stereocenters. The van der Waals surface area contributed by atoms with E-state index < -0.39 is 35.2 Å². The molecule has 50 heavy (non-hydrogen) atoms. The summed E-state index contributed by atoms with van der Waals surface area (Å²) in [6.45, 7) is 1.61. The summed E-state index contributed by atoms with van der Waals surface area (Å²) in [7, 11) is 0. The third-order valence-electron chi connectivity index (χ3n) is 11.0. The van der Waals surface area contributed by atoms with Crippen LogP contribution in [0.2, 0.25) is 5.02 Å². The lowest BCUT2D eigenvalue weighted by molar-refractivity contribution is 0.107. The molecule has 9 rings (SSSR count). The SMILES string of the molecule is N#Cc1c(N)sc2c(F)ccc(-c3c(Cl)c4c5c(nc(OCC67CCCN6C[C@H](F)C7)nc5c3F)N3C/C(=C\C5CC5(F)F)CC3CCO4)c12. The molecule has 2 N–H and O–H groups in total. The fourth-order valence-corrected chi connectivity index (χ4v) is 9.77. The number of nitriles is 1. The van der Waals surface area contributed by atoms with E-state index in [-0.39, 0.29) is 97.5 Å². The van der Waals surface area contributed by atoms with Crippen LogP contribution < -0.4 is 20.1 Å². The van der Waals surface area contributed by atoms with Crippen LogP contribution in [0.4, 0.5) is 32.8 Å². The van der Waals surface area contributed by atoms with Gasteiger partial charge in [0.15, 0.2) is 11.6 Å². The Hall–Kier alpha value is -3.93. The number of hydrogen-bond donors (Lipinski definition) is 1. The highest BCUT2D eigenvalue weighted by atomic mass is 35.5. The summed E-state index contributed by atoms with van der Waals surface area (Å²) in [6, 6.07) is 4.19. The number of hydrogen-bond acceptors (Lipinski definition) is 9. The highest BCUT2D eigenvalue weighted by molar-refractivity contribution is 7.23. The average Bonchev–Trinajstić information content (AvgIpc) is 3.52. The first-order valence-electron chi connectivity index (χ1n) is 16.6. The number of ether oxygens (including phenoxy) is 2. The molecule has 4 aliphatic heterocycles. The zero-order valence-corrected chi connectivity index (χ0v) is 28.1. The van der Waals surface area contributed by atoms with Crippen molar-refractivity contribution < 1.29 is 31.4 Å². The molecule has 6 heterocycles. The van der Waals surface area contributed by atoms with Crippen molar-refractivity contribution >= 4 is 54.7 Å². The number of benzene rings is 2. The van der Waals surface area contributed by atoms with Gasteiger partial charge in [0, 0.05) is 55.3 Å². The van der Waals surface area contributed by atoms with Crippen molar-refractivity contribution in [3.8, 4) is 29.0 Å². The molecule has 4 atom stereocenters. The number of aromatic nitrogens is 2. The molecule has 0 bridgehead atoms. The van der Waals surface area contributed by atoms with Crippen LogP contribution in [0.3, 0.4) is 0 Å². The summed E-state index contributed by atoms with van der Waals surface area (Å²) in [5.74, 6) is -4.65. The minimum Gasteiger partial charge on any atom is -0.491 e. The lowest BCUT2D eigenvalue weighted by Gasteiger charge is -2.32. The maximum atomic E-state index is 17.3. The molecular weight excluding hydrogens is 699 g/mol. The summed E-state index contributed by atoms with van der Waals surface area (Å²) in [5.41, 5.74) is 6.18. The summed E-state index contributed by atoms with van der Waals surface area (Å²) >= 11 is 7.91. The highest BCUT2D eigenvalue weighted by Gasteiger charge is 2.56. The van der Waals surface area contributed by atoms with E-state index in [1.54, 1.807) is 6.08 Å². The maximum Gasteiger partial charge on any atom is 0.319 e. The Balaban J connectivity index is 1.24. The number of nitrogen functional groups attached to an aromatic ring is 1. The van der Waals surface area contributed by atoms with Crippen molar-refractivity contribution in [2.75, 3.05) is 43.5 Å². The largest absolute Gasteiger partial charge is 0.491 e. The number of alkyl halides is 3. The zero-order chi connectivity index (χ0) is 34.7. The topological polar surface area (TPSA) is 101 Å². The molecule has 0 spiro atoms. The van der Waals surface area contributed by atoms with Gasteiger partial charge in [-0.15, -0.1) is 11.3 Å². The molecule has 1 saturated carbocycles. The van der Waals surface area contributed by atoms with Gasteiger partial charge in [-0.3, -0.25) is 4.90 Å². The first-order valence-corrected chi connectivity index (χ1v) is 17.8. The number of anilines is 2. The normalized spacial score (nSPS) is 27.7. The standard InChI is InChI=1S/C35H30ClF5N6O2S/c36-26-24(20-2-3-22(38)30-23(20)21(12-42)31(43)50-30)27(39)28-25-29(26)48-7-4-19-9-16(8-17-10-35(17,40)41)13-47(19)32(25)45-33(44-28)49-15-34-5-1-6-46(34)14-18(37)11-34/h2-3,8,17-19H,1,4-7,9-11,13-15,43H2/b16-8-/t17?,18-,19?,34?/m1/s1. The minimum absolute atomic E-state index is 0.00498. The summed E-state index contributed by atoms with van der Waals surface area (Å²) in [4.78, 5) is 13.4. The number of nitrogens with zero attached hydrogens (tertiary/aromatic N) is 5. The van der Waals surface area contributed by atoms with Crippen LogP contribution in [0.5, 0.6) is 11.8 Å². The molecule has 0 amide bonds. The maximum absolute atomic E-state index is 17.3. The first-order chi connectivity index (χ1) is 24.0. The number of allylic oxidation sites excluding steroid dienone is 1. The fraction of sp³-hybridized carbons (Fsp3) is 0.457. The van der Waals surface area contributed by atoms with E-state index in [2.05, 4.69) is 9.88 Å².